The van der Waals surface area contributed by atoms with Gasteiger partial charge in [0.2, 0.25) is 0 Å². The van der Waals surface area contributed by atoms with Crippen LogP contribution in [0.1, 0.15) is 25.5 Å². The van der Waals surface area contributed by atoms with Crippen LogP contribution in [0.4, 0.5) is 0 Å². The van der Waals surface area contributed by atoms with E-state index in [4.69, 9.17) is 14.9 Å². The van der Waals surface area contributed by atoms with Crippen LogP contribution in [0, 0.1) is 0 Å². The number of rotatable bonds is 4. The standard InChI is InChI=1S/C17H20N4O3/c22-9-8-20-7-6-14(18-20)17-13-11-12(23)4-5-15(13)21(19-17)16-3-1-2-10-24-16/h4-7,11,16,22-23H,1-3,8-10H2. The molecule has 0 radical (unpaired) electrons. The molecule has 4 rings (SSSR count). The molecule has 0 spiro atoms. The highest BCUT2D eigenvalue weighted by Crippen LogP contribution is 2.33. The third kappa shape index (κ3) is 2.65. The zero-order valence-corrected chi connectivity index (χ0v) is 13.3. The summed E-state index contributed by atoms with van der Waals surface area (Å²) in [7, 11) is 0. The topological polar surface area (TPSA) is 85.3 Å². The van der Waals surface area contributed by atoms with Crippen molar-refractivity contribution >= 4 is 10.9 Å². The minimum Gasteiger partial charge on any atom is -0.508 e. The van der Waals surface area contributed by atoms with Gasteiger partial charge in [0.15, 0.2) is 6.23 Å². The molecule has 1 aliphatic rings. The van der Waals surface area contributed by atoms with Gasteiger partial charge in [0, 0.05) is 18.2 Å². The molecule has 126 valence electrons. The van der Waals surface area contributed by atoms with E-state index < -0.39 is 0 Å². The molecule has 3 heterocycles. The highest BCUT2D eigenvalue weighted by atomic mass is 16.5. The number of aliphatic hydroxyl groups is 1. The minimum atomic E-state index is -0.0842. The van der Waals surface area contributed by atoms with E-state index in [0.29, 0.717) is 17.9 Å². The molecule has 2 N–H and O–H groups in total. The van der Waals surface area contributed by atoms with Crippen molar-refractivity contribution in [2.24, 2.45) is 0 Å². The lowest BCUT2D eigenvalue weighted by atomic mass is 10.1. The van der Waals surface area contributed by atoms with Gasteiger partial charge in [0.25, 0.3) is 0 Å². The molecule has 1 fully saturated rings. The fraction of sp³-hybridized carbons (Fsp3) is 0.412. The van der Waals surface area contributed by atoms with E-state index in [9.17, 15) is 5.11 Å². The number of benzene rings is 1. The minimum absolute atomic E-state index is 0.0347. The Morgan fingerprint density at radius 1 is 1.21 bits per heavy atom. The van der Waals surface area contributed by atoms with E-state index in [2.05, 4.69) is 5.10 Å². The Balaban J connectivity index is 1.83. The van der Waals surface area contributed by atoms with Crippen molar-refractivity contribution in [1.82, 2.24) is 19.6 Å². The van der Waals surface area contributed by atoms with E-state index in [1.807, 2.05) is 23.0 Å². The first-order valence-corrected chi connectivity index (χ1v) is 8.24. The van der Waals surface area contributed by atoms with Gasteiger partial charge in [-0.1, -0.05) is 0 Å². The Morgan fingerprint density at radius 2 is 2.12 bits per heavy atom. The second-order valence-electron chi connectivity index (χ2n) is 6.00. The Labute approximate surface area is 139 Å². The largest absolute Gasteiger partial charge is 0.508 e. The average Bonchev–Trinajstić information content (AvgIpc) is 3.20. The van der Waals surface area contributed by atoms with Crippen LogP contribution >= 0.6 is 0 Å². The Kier molecular flexibility index (Phi) is 3.95. The molecule has 2 aromatic heterocycles. The molecule has 1 aliphatic heterocycles. The molecule has 0 bridgehead atoms. The molecular formula is C17H20N4O3. The van der Waals surface area contributed by atoms with Crippen molar-refractivity contribution in [1.29, 1.82) is 0 Å². The van der Waals surface area contributed by atoms with Crippen molar-refractivity contribution in [3.63, 3.8) is 0 Å². The lowest BCUT2D eigenvalue weighted by Crippen LogP contribution is -2.19. The summed E-state index contributed by atoms with van der Waals surface area (Å²) in [5.74, 6) is 0.197. The van der Waals surface area contributed by atoms with E-state index in [1.54, 1.807) is 16.8 Å². The normalized spacial score (nSPS) is 18.3. The van der Waals surface area contributed by atoms with Gasteiger partial charge < -0.3 is 14.9 Å². The van der Waals surface area contributed by atoms with E-state index in [1.165, 1.54) is 0 Å². The molecule has 24 heavy (non-hydrogen) atoms. The molecule has 0 amide bonds. The van der Waals surface area contributed by atoms with Crippen LogP contribution in [0.3, 0.4) is 0 Å². The number of hydrogen-bond acceptors (Lipinski definition) is 5. The molecule has 0 saturated carbocycles. The van der Waals surface area contributed by atoms with Gasteiger partial charge in [-0.2, -0.15) is 10.2 Å². The number of aromatic hydroxyl groups is 1. The summed E-state index contributed by atoms with van der Waals surface area (Å²) in [6.07, 6.45) is 4.85. The summed E-state index contributed by atoms with van der Waals surface area (Å²) in [6.45, 7) is 1.22. The number of nitrogens with zero attached hydrogens (tertiary/aromatic N) is 4. The number of phenolic OH excluding ortho intramolecular Hbond substituents is 1. The molecule has 7 heteroatoms. The predicted octanol–water partition coefficient (Wildman–Crippen LogP) is 2.30. The summed E-state index contributed by atoms with van der Waals surface area (Å²) < 4.78 is 9.45. The van der Waals surface area contributed by atoms with Crippen molar-refractivity contribution in [3.8, 4) is 17.1 Å². The molecule has 1 unspecified atom stereocenters. The van der Waals surface area contributed by atoms with Crippen LogP contribution in [-0.4, -0.2) is 43.0 Å². The fourth-order valence-electron chi connectivity index (χ4n) is 3.17. The summed E-state index contributed by atoms with van der Waals surface area (Å²) in [5.41, 5.74) is 2.35. The zero-order chi connectivity index (χ0) is 16.5. The number of aliphatic hydroxyl groups excluding tert-OH is 1. The van der Waals surface area contributed by atoms with Crippen molar-refractivity contribution < 1.29 is 14.9 Å². The maximum absolute atomic E-state index is 9.88. The molecule has 7 nitrogen and oxygen atoms in total. The first-order valence-electron chi connectivity index (χ1n) is 8.24. The highest BCUT2D eigenvalue weighted by molar-refractivity contribution is 5.93. The lowest BCUT2D eigenvalue weighted by Gasteiger charge is -2.23. The predicted molar refractivity (Wildman–Crippen MR) is 88.5 cm³/mol. The molecular weight excluding hydrogens is 308 g/mol. The Bertz CT molecular complexity index is 849. The number of hydrogen-bond donors (Lipinski definition) is 2. The summed E-state index contributed by atoms with van der Waals surface area (Å²) in [4.78, 5) is 0. The molecule has 1 aromatic carbocycles. The van der Waals surface area contributed by atoms with Gasteiger partial charge in [-0.05, 0) is 43.5 Å². The highest BCUT2D eigenvalue weighted by Gasteiger charge is 2.22. The monoisotopic (exact) mass is 328 g/mol. The summed E-state index contributed by atoms with van der Waals surface area (Å²) in [6, 6.07) is 7.11. The number of fused-ring (bicyclic) bond motifs is 1. The second-order valence-corrected chi connectivity index (χ2v) is 6.00. The quantitative estimate of drug-likeness (QED) is 0.767. The van der Waals surface area contributed by atoms with Crippen molar-refractivity contribution in [3.05, 3.63) is 30.5 Å². The number of ether oxygens (including phenoxy) is 1. The van der Waals surface area contributed by atoms with E-state index >= 15 is 0 Å². The van der Waals surface area contributed by atoms with Crippen LogP contribution in [0.5, 0.6) is 5.75 Å². The molecule has 3 aromatic rings. The molecule has 1 saturated heterocycles. The van der Waals surface area contributed by atoms with E-state index in [0.717, 1.165) is 36.8 Å². The third-order valence-corrected chi connectivity index (χ3v) is 4.33. The Hall–Kier alpha value is -2.38. The molecule has 0 aliphatic carbocycles. The maximum atomic E-state index is 9.88. The second kappa shape index (κ2) is 6.26. The zero-order valence-electron chi connectivity index (χ0n) is 13.3. The van der Waals surface area contributed by atoms with E-state index in [-0.39, 0.29) is 18.6 Å². The van der Waals surface area contributed by atoms with Crippen LogP contribution in [0.15, 0.2) is 30.5 Å². The first-order chi connectivity index (χ1) is 11.8. The van der Waals surface area contributed by atoms with Crippen LogP contribution in [0.2, 0.25) is 0 Å². The van der Waals surface area contributed by atoms with Crippen molar-refractivity contribution in [2.45, 2.75) is 32.0 Å². The lowest BCUT2D eigenvalue weighted by molar-refractivity contribution is -0.0365. The number of aromatic nitrogens is 4. The van der Waals surface area contributed by atoms with Gasteiger partial charge >= 0.3 is 0 Å². The van der Waals surface area contributed by atoms with Gasteiger partial charge in [-0.25, -0.2) is 4.68 Å². The van der Waals surface area contributed by atoms with Crippen LogP contribution < -0.4 is 0 Å². The third-order valence-electron chi connectivity index (χ3n) is 4.33. The van der Waals surface area contributed by atoms with Crippen molar-refractivity contribution in [2.75, 3.05) is 13.2 Å². The number of phenols is 1. The maximum Gasteiger partial charge on any atom is 0.150 e. The van der Waals surface area contributed by atoms with Gasteiger partial charge in [-0.15, -0.1) is 0 Å². The van der Waals surface area contributed by atoms with Crippen LogP contribution in [0.25, 0.3) is 22.3 Å². The first kappa shape index (κ1) is 15.2. The smallest absolute Gasteiger partial charge is 0.150 e. The van der Waals surface area contributed by atoms with Gasteiger partial charge in [-0.3, -0.25) is 4.68 Å². The summed E-state index contributed by atoms with van der Waals surface area (Å²) in [5, 5.41) is 29.0. The average molecular weight is 328 g/mol. The SMILES string of the molecule is OCCn1ccc(-c2nn(C3CCCCO3)c3ccc(O)cc23)n1. The summed E-state index contributed by atoms with van der Waals surface area (Å²) >= 11 is 0. The fourth-order valence-corrected chi connectivity index (χ4v) is 3.17. The Morgan fingerprint density at radius 3 is 2.92 bits per heavy atom. The van der Waals surface area contributed by atoms with Crippen LogP contribution in [-0.2, 0) is 11.3 Å². The van der Waals surface area contributed by atoms with Gasteiger partial charge in [0.1, 0.15) is 17.1 Å². The molecule has 1 atom stereocenters. The van der Waals surface area contributed by atoms with Gasteiger partial charge in [0.05, 0.1) is 18.7 Å².